The molecule has 0 aliphatic heterocycles. The van der Waals surface area contributed by atoms with Crippen LogP contribution in [-0.2, 0) is 6.61 Å². The molecule has 0 spiro atoms. The Kier molecular flexibility index (Phi) is 10.9. The van der Waals surface area contributed by atoms with Crippen molar-refractivity contribution < 1.29 is 9.53 Å². The molecule has 1 amide bonds. The van der Waals surface area contributed by atoms with Crippen LogP contribution in [0.4, 0.5) is 0 Å². The van der Waals surface area contributed by atoms with E-state index in [1.165, 1.54) is 0 Å². The summed E-state index contributed by atoms with van der Waals surface area (Å²) < 4.78 is 5.70. The Morgan fingerprint density at radius 2 is 1.77 bits per heavy atom. The van der Waals surface area contributed by atoms with Crippen LogP contribution in [0.15, 0.2) is 42.5 Å². The van der Waals surface area contributed by atoms with Gasteiger partial charge in [0.05, 0.1) is 5.02 Å². The van der Waals surface area contributed by atoms with Gasteiger partial charge in [-0.3, -0.25) is 15.6 Å². The highest BCUT2D eigenvalue weighted by atomic mass is 35.5. The number of hydrogen-bond acceptors (Lipinski definition) is 4. The molecule has 6 nitrogen and oxygen atoms in total. The first kappa shape index (κ1) is 25.2. The Balaban J connectivity index is 1.72. The molecule has 0 aromatic heterocycles. The van der Waals surface area contributed by atoms with E-state index in [1.54, 1.807) is 30.3 Å². The van der Waals surface area contributed by atoms with Crippen LogP contribution in [0.3, 0.4) is 0 Å². The van der Waals surface area contributed by atoms with E-state index in [9.17, 15) is 4.79 Å². The zero-order valence-corrected chi connectivity index (χ0v) is 20.0. The molecule has 3 N–H and O–H groups in total. The molecule has 0 atom stereocenters. The summed E-state index contributed by atoms with van der Waals surface area (Å²) in [5.74, 6) is 0.274. The molecule has 0 saturated carbocycles. The third-order valence-electron chi connectivity index (χ3n) is 4.63. The van der Waals surface area contributed by atoms with Crippen molar-refractivity contribution in [2.75, 3.05) is 26.2 Å². The highest BCUT2D eigenvalue weighted by Gasteiger charge is 2.07. The van der Waals surface area contributed by atoms with Gasteiger partial charge >= 0.3 is 0 Å². The largest absolute Gasteiger partial charge is 0.487 e. The molecule has 0 unspecified atom stereocenters. The number of carbonyl (C=O) groups excluding carboxylic acids is 1. The van der Waals surface area contributed by atoms with Crippen molar-refractivity contribution >= 4 is 46.4 Å². The van der Waals surface area contributed by atoms with Gasteiger partial charge < -0.3 is 15.0 Å². The molecular formula is C22H28Cl2N4O2S. The minimum absolute atomic E-state index is 0.277. The van der Waals surface area contributed by atoms with Gasteiger partial charge in [-0.2, -0.15) is 0 Å². The number of nitrogens with one attached hydrogen (secondary N) is 3. The zero-order valence-electron chi connectivity index (χ0n) is 17.7. The van der Waals surface area contributed by atoms with E-state index in [-0.39, 0.29) is 5.91 Å². The SMILES string of the molecule is CCN(CC)CCCNC(=S)NNC(=O)c1ccc(COc2ccc(Cl)cc2Cl)cc1. The molecule has 0 fully saturated rings. The van der Waals surface area contributed by atoms with Crippen LogP contribution in [0.5, 0.6) is 5.75 Å². The number of amides is 1. The average molecular weight is 483 g/mol. The first-order valence-corrected chi connectivity index (χ1v) is 11.3. The fourth-order valence-corrected chi connectivity index (χ4v) is 3.40. The molecule has 2 aromatic rings. The van der Waals surface area contributed by atoms with Crippen molar-refractivity contribution in [3.8, 4) is 5.75 Å². The molecular weight excluding hydrogens is 455 g/mol. The summed E-state index contributed by atoms with van der Waals surface area (Å²) in [6, 6.07) is 12.2. The van der Waals surface area contributed by atoms with E-state index in [4.69, 9.17) is 40.2 Å². The number of carbonyl (C=O) groups is 1. The summed E-state index contributed by atoms with van der Waals surface area (Å²) in [6.07, 6.45) is 0.974. The number of halogens is 2. The van der Waals surface area contributed by atoms with Crippen LogP contribution in [0.1, 0.15) is 36.2 Å². The van der Waals surface area contributed by atoms with Crippen LogP contribution in [0, 0.1) is 0 Å². The first-order valence-electron chi connectivity index (χ1n) is 10.2. The third-order valence-corrected chi connectivity index (χ3v) is 5.40. The Morgan fingerprint density at radius 3 is 2.42 bits per heavy atom. The maximum Gasteiger partial charge on any atom is 0.269 e. The molecule has 0 aliphatic rings. The van der Waals surface area contributed by atoms with Gasteiger partial charge in [-0.15, -0.1) is 0 Å². The lowest BCUT2D eigenvalue weighted by Crippen LogP contribution is -2.47. The number of benzene rings is 2. The Labute approximate surface area is 199 Å². The quantitative estimate of drug-likeness (QED) is 0.264. The smallest absolute Gasteiger partial charge is 0.269 e. The topological polar surface area (TPSA) is 65.6 Å². The average Bonchev–Trinajstić information content (AvgIpc) is 2.77. The predicted octanol–water partition coefficient (Wildman–Crippen LogP) is 4.41. The van der Waals surface area contributed by atoms with Crippen LogP contribution < -0.4 is 20.9 Å². The lowest BCUT2D eigenvalue weighted by molar-refractivity contribution is 0.0943. The fourth-order valence-electron chi connectivity index (χ4n) is 2.78. The van der Waals surface area contributed by atoms with Gasteiger partial charge in [0.1, 0.15) is 12.4 Å². The molecule has 31 heavy (non-hydrogen) atoms. The number of rotatable bonds is 10. The van der Waals surface area contributed by atoms with E-state index in [0.717, 1.165) is 38.2 Å². The van der Waals surface area contributed by atoms with Gasteiger partial charge in [0.25, 0.3) is 5.91 Å². The van der Waals surface area contributed by atoms with Gasteiger partial charge in [-0.05, 0) is 74.2 Å². The Hall–Kier alpha value is -2.06. The third kappa shape index (κ3) is 8.91. The summed E-state index contributed by atoms with van der Waals surface area (Å²) >= 11 is 17.2. The maximum atomic E-state index is 12.3. The van der Waals surface area contributed by atoms with Crippen molar-refractivity contribution in [2.45, 2.75) is 26.9 Å². The van der Waals surface area contributed by atoms with E-state index in [0.29, 0.717) is 33.1 Å². The first-order chi connectivity index (χ1) is 14.9. The maximum absolute atomic E-state index is 12.3. The van der Waals surface area contributed by atoms with Crippen molar-refractivity contribution in [3.05, 3.63) is 63.6 Å². The lowest BCUT2D eigenvalue weighted by Gasteiger charge is -2.18. The van der Waals surface area contributed by atoms with E-state index < -0.39 is 0 Å². The fraction of sp³-hybridized carbons (Fsp3) is 0.364. The number of nitrogens with zero attached hydrogens (tertiary/aromatic N) is 1. The Bertz CT molecular complexity index is 861. The number of ether oxygens (including phenoxy) is 1. The molecule has 0 saturated heterocycles. The molecule has 9 heteroatoms. The van der Waals surface area contributed by atoms with Crippen LogP contribution >= 0.6 is 35.4 Å². The highest BCUT2D eigenvalue weighted by molar-refractivity contribution is 7.80. The van der Waals surface area contributed by atoms with Gasteiger partial charge in [0.2, 0.25) is 0 Å². The van der Waals surface area contributed by atoms with Crippen molar-refractivity contribution in [1.29, 1.82) is 0 Å². The normalized spacial score (nSPS) is 10.6. The van der Waals surface area contributed by atoms with Crippen LogP contribution in [0.2, 0.25) is 10.0 Å². The molecule has 0 radical (unpaired) electrons. The minimum Gasteiger partial charge on any atom is -0.487 e. The second kappa shape index (κ2) is 13.4. The second-order valence-corrected chi connectivity index (χ2v) is 8.03. The van der Waals surface area contributed by atoms with Crippen molar-refractivity contribution in [1.82, 2.24) is 21.1 Å². The lowest BCUT2D eigenvalue weighted by atomic mass is 10.1. The summed E-state index contributed by atoms with van der Waals surface area (Å²) in [6.45, 7) is 8.44. The molecule has 0 aliphatic carbocycles. The van der Waals surface area contributed by atoms with Crippen molar-refractivity contribution in [3.63, 3.8) is 0 Å². The van der Waals surface area contributed by atoms with Gasteiger partial charge in [-0.25, -0.2) is 0 Å². The van der Waals surface area contributed by atoms with Crippen molar-refractivity contribution in [2.24, 2.45) is 0 Å². The molecule has 2 rings (SSSR count). The number of thiocarbonyl (C=S) groups is 1. The molecule has 0 bridgehead atoms. The van der Waals surface area contributed by atoms with Gasteiger partial charge in [-0.1, -0.05) is 49.2 Å². The summed E-state index contributed by atoms with van der Waals surface area (Å²) in [5, 5.41) is 4.48. The molecule has 0 heterocycles. The van der Waals surface area contributed by atoms with E-state index >= 15 is 0 Å². The van der Waals surface area contributed by atoms with Gasteiger partial charge in [0, 0.05) is 17.1 Å². The summed E-state index contributed by atoms with van der Waals surface area (Å²) in [7, 11) is 0. The van der Waals surface area contributed by atoms with Gasteiger partial charge in [0.15, 0.2) is 5.11 Å². The van der Waals surface area contributed by atoms with E-state index in [2.05, 4.69) is 34.9 Å². The highest BCUT2D eigenvalue weighted by Crippen LogP contribution is 2.28. The zero-order chi connectivity index (χ0) is 22.6. The standard InChI is InChI=1S/C22H28Cl2N4O2S/c1-3-28(4-2)13-5-12-25-22(31)27-26-21(29)17-8-6-16(7-9-17)15-30-20-11-10-18(23)14-19(20)24/h6-11,14H,3-5,12-13,15H2,1-2H3,(H,26,29)(H2,25,27,31). The number of hydrogen-bond donors (Lipinski definition) is 3. The number of hydrazine groups is 1. The molecule has 168 valence electrons. The van der Waals surface area contributed by atoms with E-state index in [1.807, 2.05) is 12.1 Å². The summed E-state index contributed by atoms with van der Waals surface area (Å²) in [4.78, 5) is 14.6. The van der Waals surface area contributed by atoms with Crippen LogP contribution in [-0.4, -0.2) is 42.1 Å². The Morgan fingerprint density at radius 1 is 1.06 bits per heavy atom. The predicted molar refractivity (Wildman–Crippen MR) is 131 cm³/mol. The minimum atomic E-state index is -0.277. The second-order valence-electron chi connectivity index (χ2n) is 6.78. The summed E-state index contributed by atoms with van der Waals surface area (Å²) in [5.41, 5.74) is 6.73. The van der Waals surface area contributed by atoms with Crippen LogP contribution in [0.25, 0.3) is 0 Å². The molecule has 2 aromatic carbocycles. The monoisotopic (exact) mass is 482 g/mol.